The van der Waals surface area contributed by atoms with E-state index >= 15 is 0 Å². The molecule has 0 unspecified atom stereocenters. The number of nitrogens with two attached hydrogens (primary N) is 1. The van der Waals surface area contributed by atoms with Crippen molar-refractivity contribution in [3.8, 4) is 11.5 Å². The average molecular weight is 383 g/mol. The molecule has 2 aromatic rings. The van der Waals surface area contributed by atoms with Crippen LogP contribution >= 0.6 is 12.2 Å². The molecule has 136 valence electrons. The Morgan fingerprint density at radius 3 is 2.35 bits per heavy atom. The number of hydrazone groups is 1. The van der Waals surface area contributed by atoms with Crippen LogP contribution in [0.2, 0.25) is 0 Å². The van der Waals surface area contributed by atoms with Crippen molar-refractivity contribution in [2.75, 3.05) is 0 Å². The lowest BCUT2D eigenvalue weighted by Gasteiger charge is -2.08. The molecular formula is C15H12F3N5O2S. The van der Waals surface area contributed by atoms with E-state index in [1.807, 2.05) is 0 Å². The first kappa shape index (κ1) is 19.1. The topological polar surface area (TPSA) is 105 Å². The highest BCUT2D eigenvalue weighted by molar-refractivity contribution is 7.80. The molecule has 7 nitrogen and oxygen atoms in total. The Bertz CT molecular complexity index is 838. The van der Waals surface area contributed by atoms with Gasteiger partial charge in [-0.1, -0.05) is 0 Å². The summed E-state index contributed by atoms with van der Waals surface area (Å²) in [5.74, 6) is -0.406. The van der Waals surface area contributed by atoms with Crippen LogP contribution in [0, 0.1) is 0 Å². The van der Waals surface area contributed by atoms with E-state index in [1.165, 1.54) is 36.5 Å². The van der Waals surface area contributed by atoms with E-state index in [0.717, 1.165) is 12.1 Å². The first-order valence-corrected chi connectivity index (χ1v) is 7.33. The van der Waals surface area contributed by atoms with Crippen molar-refractivity contribution >= 4 is 34.9 Å². The number of phenols is 1. The first-order valence-electron chi connectivity index (χ1n) is 6.92. The van der Waals surface area contributed by atoms with Gasteiger partial charge in [-0.3, -0.25) is 5.43 Å². The summed E-state index contributed by atoms with van der Waals surface area (Å²) in [5, 5.41) is 21.3. The predicted octanol–water partition coefficient (Wildman–Crippen LogP) is 3.87. The number of nitrogens with one attached hydrogen (secondary N) is 1. The van der Waals surface area contributed by atoms with E-state index in [9.17, 15) is 18.3 Å². The molecule has 0 atom stereocenters. The summed E-state index contributed by atoms with van der Waals surface area (Å²) in [7, 11) is 0. The van der Waals surface area contributed by atoms with Gasteiger partial charge in [0.1, 0.15) is 11.5 Å². The second kappa shape index (κ2) is 8.25. The van der Waals surface area contributed by atoms with Gasteiger partial charge in [0.05, 0.1) is 17.6 Å². The smallest absolute Gasteiger partial charge is 0.507 e. The van der Waals surface area contributed by atoms with Crippen LogP contribution in [-0.2, 0) is 0 Å². The van der Waals surface area contributed by atoms with Gasteiger partial charge in [-0.2, -0.15) is 15.3 Å². The summed E-state index contributed by atoms with van der Waals surface area (Å²) in [6, 6.07) is 9.26. The minimum absolute atomic E-state index is 0.0328. The predicted molar refractivity (Wildman–Crippen MR) is 92.9 cm³/mol. The molecule has 0 aromatic heterocycles. The van der Waals surface area contributed by atoms with Crippen LogP contribution in [0.4, 0.5) is 24.5 Å². The van der Waals surface area contributed by atoms with Crippen molar-refractivity contribution in [3.05, 3.63) is 48.0 Å². The maximum atomic E-state index is 12.1. The summed E-state index contributed by atoms with van der Waals surface area (Å²) in [6.45, 7) is 0. The van der Waals surface area contributed by atoms with Crippen molar-refractivity contribution in [1.29, 1.82) is 0 Å². The molecule has 26 heavy (non-hydrogen) atoms. The van der Waals surface area contributed by atoms with Gasteiger partial charge in [0.15, 0.2) is 5.11 Å². The van der Waals surface area contributed by atoms with Crippen LogP contribution in [-0.4, -0.2) is 22.8 Å². The molecule has 0 heterocycles. The summed E-state index contributed by atoms with van der Waals surface area (Å²) in [6.07, 6.45) is -3.47. The van der Waals surface area contributed by atoms with E-state index in [1.54, 1.807) is 0 Å². The van der Waals surface area contributed by atoms with E-state index in [0.29, 0.717) is 16.9 Å². The number of azo groups is 1. The maximum Gasteiger partial charge on any atom is 0.573 e. The maximum absolute atomic E-state index is 12.1. The third-order valence-electron chi connectivity index (χ3n) is 2.74. The number of rotatable bonds is 5. The minimum atomic E-state index is -4.75. The van der Waals surface area contributed by atoms with Gasteiger partial charge in [-0.25, -0.2) is 0 Å². The van der Waals surface area contributed by atoms with Gasteiger partial charge < -0.3 is 15.6 Å². The fourth-order valence-corrected chi connectivity index (χ4v) is 1.76. The molecule has 0 fully saturated rings. The molecule has 2 rings (SSSR count). The monoisotopic (exact) mass is 383 g/mol. The summed E-state index contributed by atoms with van der Waals surface area (Å²) >= 11 is 4.59. The normalized spacial score (nSPS) is 11.8. The lowest BCUT2D eigenvalue weighted by Crippen LogP contribution is -2.23. The average Bonchev–Trinajstić information content (AvgIpc) is 2.55. The van der Waals surface area contributed by atoms with E-state index in [2.05, 4.69) is 37.7 Å². The number of nitrogens with zero attached hydrogens (tertiary/aromatic N) is 3. The lowest BCUT2D eigenvalue weighted by atomic mass is 10.2. The first-order chi connectivity index (χ1) is 12.2. The van der Waals surface area contributed by atoms with Gasteiger partial charge in [0.25, 0.3) is 0 Å². The van der Waals surface area contributed by atoms with Crippen molar-refractivity contribution in [3.63, 3.8) is 0 Å². The summed E-state index contributed by atoms with van der Waals surface area (Å²) < 4.78 is 40.1. The molecule has 0 aliphatic rings. The highest BCUT2D eigenvalue weighted by Crippen LogP contribution is 2.27. The second-order valence-corrected chi connectivity index (χ2v) is 5.16. The Kier molecular flexibility index (Phi) is 6.07. The molecule has 0 aliphatic heterocycles. The molecule has 2 aromatic carbocycles. The molecule has 0 radical (unpaired) electrons. The molecule has 4 N–H and O–H groups in total. The number of aromatic hydroxyl groups is 1. The standard InChI is InChI=1S/C15H12F3N5O2S/c16-15(17,18)25-12-4-1-10(2-5-12)21-22-11-3-6-13(24)9(7-11)8-20-23-14(19)26/h1-8,24H,(H3,19,23,26). The Hall–Kier alpha value is -3.21. The molecular weight excluding hydrogens is 371 g/mol. The van der Waals surface area contributed by atoms with Crippen LogP contribution in [0.5, 0.6) is 11.5 Å². The van der Waals surface area contributed by atoms with Gasteiger partial charge in [0.2, 0.25) is 0 Å². The summed E-state index contributed by atoms with van der Waals surface area (Å²) in [5.41, 5.74) is 8.60. The zero-order chi connectivity index (χ0) is 19.2. The van der Waals surface area contributed by atoms with Gasteiger partial charge in [-0.15, -0.1) is 13.2 Å². The Labute approximate surface area is 151 Å². The Morgan fingerprint density at radius 2 is 1.73 bits per heavy atom. The zero-order valence-electron chi connectivity index (χ0n) is 12.9. The zero-order valence-corrected chi connectivity index (χ0v) is 13.8. The number of hydrogen-bond acceptors (Lipinski definition) is 6. The molecule has 11 heteroatoms. The number of ether oxygens (including phenoxy) is 1. The molecule has 0 aliphatic carbocycles. The third-order valence-corrected chi connectivity index (χ3v) is 2.83. The van der Waals surface area contributed by atoms with Crippen LogP contribution in [0.25, 0.3) is 0 Å². The number of thiocarbonyl (C=S) groups is 1. The van der Waals surface area contributed by atoms with Crippen molar-refractivity contribution in [2.24, 2.45) is 21.1 Å². The highest BCUT2D eigenvalue weighted by Gasteiger charge is 2.30. The van der Waals surface area contributed by atoms with Crippen molar-refractivity contribution in [1.82, 2.24) is 5.43 Å². The molecule has 0 saturated carbocycles. The second-order valence-electron chi connectivity index (χ2n) is 4.72. The molecule has 0 bridgehead atoms. The summed E-state index contributed by atoms with van der Waals surface area (Å²) in [4.78, 5) is 0. The van der Waals surface area contributed by atoms with E-state index in [4.69, 9.17) is 5.73 Å². The number of halogens is 3. The molecule has 0 spiro atoms. The van der Waals surface area contributed by atoms with Gasteiger partial charge >= 0.3 is 6.36 Å². The van der Waals surface area contributed by atoms with Crippen LogP contribution < -0.4 is 15.9 Å². The Morgan fingerprint density at radius 1 is 1.12 bits per heavy atom. The van der Waals surface area contributed by atoms with Gasteiger partial charge in [-0.05, 0) is 54.7 Å². The van der Waals surface area contributed by atoms with Crippen LogP contribution in [0.3, 0.4) is 0 Å². The van der Waals surface area contributed by atoms with Crippen LogP contribution in [0.1, 0.15) is 5.56 Å². The quantitative estimate of drug-likeness (QED) is 0.315. The number of benzene rings is 2. The fourth-order valence-electron chi connectivity index (χ4n) is 1.70. The van der Waals surface area contributed by atoms with Crippen molar-refractivity contribution < 1.29 is 23.0 Å². The largest absolute Gasteiger partial charge is 0.573 e. The minimum Gasteiger partial charge on any atom is -0.507 e. The Balaban J connectivity index is 2.10. The fraction of sp³-hybridized carbons (Fsp3) is 0.0667. The van der Waals surface area contributed by atoms with Crippen LogP contribution in [0.15, 0.2) is 57.8 Å². The van der Waals surface area contributed by atoms with E-state index < -0.39 is 6.36 Å². The number of hydrogen-bond donors (Lipinski definition) is 3. The number of alkyl halides is 3. The molecule has 0 saturated heterocycles. The molecule has 0 amide bonds. The van der Waals surface area contributed by atoms with Crippen molar-refractivity contribution in [2.45, 2.75) is 6.36 Å². The van der Waals surface area contributed by atoms with E-state index in [-0.39, 0.29) is 16.6 Å². The number of phenolic OH excluding ortho intramolecular Hbond substituents is 1. The third kappa shape index (κ3) is 6.36. The SMILES string of the molecule is NC(=S)NN=Cc1cc(N=Nc2ccc(OC(F)(F)F)cc2)ccc1O. The van der Waals surface area contributed by atoms with Gasteiger partial charge in [0, 0.05) is 5.56 Å². The highest BCUT2D eigenvalue weighted by atomic mass is 32.1. The lowest BCUT2D eigenvalue weighted by molar-refractivity contribution is -0.274.